The Hall–Kier alpha value is -1.99. The van der Waals surface area contributed by atoms with E-state index >= 15 is 0 Å². The molecule has 0 aromatic carbocycles. The topological polar surface area (TPSA) is 72.4 Å². The summed E-state index contributed by atoms with van der Waals surface area (Å²) in [6.45, 7) is 2.68. The van der Waals surface area contributed by atoms with Crippen molar-refractivity contribution < 1.29 is 13.2 Å². The van der Waals surface area contributed by atoms with Gasteiger partial charge >= 0.3 is 0 Å². The average Bonchev–Trinajstić information content (AvgIpc) is 3.39. The van der Waals surface area contributed by atoms with Gasteiger partial charge in [0.25, 0.3) is 0 Å². The van der Waals surface area contributed by atoms with Gasteiger partial charge in [0.05, 0.1) is 12.8 Å². The molecule has 0 radical (unpaired) electrons. The fourth-order valence-electron chi connectivity index (χ4n) is 2.33. The van der Waals surface area contributed by atoms with Gasteiger partial charge in [0.1, 0.15) is 4.90 Å². The molecule has 23 heavy (non-hydrogen) atoms. The monoisotopic (exact) mass is 333 g/mol. The van der Waals surface area contributed by atoms with Crippen molar-refractivity contribution in [2.75, 3.05) is 6.61 Å². The maximum atomic E-state index is 12.9. The predicted molar refractivity (Wildman–Crippen MR) is 85.4 cm³/mol. The zero-order valence-electron chi connectivity index (χ0n) is 12.9. The quantitative estimate of drug-likeness (QED) is 0.777. The minimum atomic E-state index is -3.58. The fourth-order valence-corrected chi connectivity index (χ4v) is 3.95. The molecule has 122 valence electrons. The summed E-state index contributed by atoms with van der Waals surface area (Å²) in [4.78, 5) is 8.31. The van der Waals surface area contributed by atoms with Crippen molar-refractivity contribution >= 4 is 10.0 Å². The molecule has 0 saturated heterocycles. The summed E-state index contributed by atoms with van der Waals surface area (Å²) in [6.07, 6.45) is 6.52. The van der Waals surface area contributed by atoms with Crippen LogP contribution in [0.25, 0.3) is 0 Å². The van der Waals surface area contributed by atoms with Crippen LogP contribution >= 0.6 is 0 Å². The first-order valence-electron chi connectivity index (χ1n) is 7.61. The number of pyridine rings is 2. The molecule has 0 bridgehead atoms. The van der Waals surface area contributed by atoms with E-state index in [2.05, 4.69) is 9.97 Å². The average molecular weight is 333 g/mol. The third-order valence-corrected chi connectivity index (χ3v) is 5.51. The van der Waals surface area contributed by atoms with Gasteiger partial charge in [0, 0.05) is 31.0 Å². The smallest absolute Gasteiger partial charge is 0.245 e. The van der Waals surface area contributed by atoms with E-state index in [4.69, 9.17) is 4.74 Å². The van der Waals surface area contributed by atoms with Crippen LogP contribution in [0.4, 0.5) is 0 Å². The van der Waals surface area contributed by atoms with Crippen LogP contribution in [0.1, 0.15) is 25.3 Å². The van der Waals surface area contributed by atoms with Crippen LogP contribution in [0.2, 0.25) is 0 Å². The van der Waals surface area contributed by atoms with E-state index < -0.39 is 10.0 Å². The first-order chi connectivity index (χ1) is 11.1. The Balaban J connectivity index is 1.85. The van der Waals surface area contributed by atoms with E-state index in [1.807, 2.05) is 19.1 Å². The number of nitrogens with zero attached hydrogens (tertiary/aromatic N) is 3. The van der Waals surface area contributed by atoms with Gasteiger partial charge in [-0.2, -0.15) is 4.31 Å². The molecule has 0 aliphatic heterocycles. The molecule has 7 heteroatoms. The Morgan fingerprint density at radius 3 is 2.65 bits per heavy atom. The van der Waals surface area contributed by atoms with Gasteiger partial charge in [-0.25, -0.2) is 13.4 Å². The second-order valence-electron chi connectivity index (χ2n) is 5.41. The Morgan fingerprint density at radius 1 is 1.26 bits per heavy atom. The third kappa shape index (κ3) is 3.68. The summed E-state index contributed by atoms with van der Waals surface area (Å²) >= 11 is 0. The maximum absolute atomic E-state index is 12.9. The molecule has 1 saturated carbocycles. The van der Waals surface area contributed by atoms with Crippen LogP contribution in [-0.2, 0) is 16.6 Å². The molecule has 2 aromatic rings. The SMILES string of the molecule is CCOc1ccc(S(=O)(=O)N(Cc2cccnc2)C2CC2)cn1. The number of ether oxygens (including phenoxy) is 1. The van der Waals surface area contributed by atoms with E-state index in [9.17, 15) is 8.42 Å². The standard InChI is InChI=1S/C16H19N3O3S/c1-2-22-16-8-7-15(11-18-16)23(20,21)19(14-5-6-14)12-13-4-3-9-17-10-13/h3-4,7-11,14H,2,5-6,12H2,1H3. The largest absolute Gasteiger partial charge is 0.478 e. The zero-order valence-corrected chi connectivity index (χ0v) is 13.7. The second-order valence-corrected chi connectivity index (χ2v) is 7.30. The summed E-state index contributed by atoms with van der Waals surface area (Å²) in [5.74, 6) is 0.427. The minimum Gasteiger partial charge on any atom is -0.478 e. The Morgan fingerprint density at radius 2 is 2.09 bits per heavy atom. The third-order valence-electron chi connectivity index (χ3n) is 3.62. The first kappa shape index (κ1) is 15.9. The summed E-state index contributed by atoms with van der Waals surface area (Å²) in [5.41, 5.74) is 0.877. The molecular weight excluding hydrogens is 314 g/mol. The zero-order chi connectivity index (χ0) is 16.3. The highest BCUT2D eigenvalue weighted by atomic mass is 32.2. The minimum absolute atomic E-state index is 0.0618. The van der Waals surface area contributed by atoms with Gasteiger partial charge in [-0.15, -0.1) is 0 Å². The van der Waals surface area contributed by atoms with E-state index in [1.165, 1.54) is 6.20 Å². The summed E-state index contributed by atoms with van der Waals surface area (Å²) in [6, 6.07) is 6.89. The molecule has 2 heterocycles. The van der Waals surface area contributed by atoms with Crippen LogP contribution in [0.5, 0.6) is 5.88 Å². The number of hydrogen-bond acceptors (Lipinski definition) is 5. The lowest BCUT2D eigenvalue weighted by Gasteiger charge is -2.21. The molecule has 0 N–H and O–H groups in total. The molecule has 3 rings (SSSR count). The molecular formula is C16H19N3O3S. The molecule has 1 aliphatic rings. The molecule has 0 atom stereocenters. The van der Waals surface area contributed by atoms with Crippen LogP contribution in [-0.4, -0.2) is 35.3 Å². The highest BCUT2D eigenvalue weighted by Crippen LogP contribution is 2.33. The lowest BCUT2D eigenvalue weighted by atomic mass is 10.3. The number of sulfonamides is 1. The maximum Gasteiger partial charge on any atom is 0.245 e. The lowest BCUT2D eigenvalue weighted by Crippen LogP contribution is -2.32. The second kappa shape index (κ2) is 6.64. The Bertz CT molecular complexity index is 744. The lowest BCUT2D eigenvalue weighted by molar-refractivity contribution is 0.326. The van der Waals surface area contributed by atoms with Gasteiger partial charge in [-0.3, -0.25) is 4.98 Å². The molecule has 1 aliphatic carbocycles. The highest BCUT2D eigenvalue weighted by molar-refractivity contribution is 7.89. The van der Waals surface area contributed by atoms with Gasteiger partial charge in [0.15, 0.2) is 0 Å². The van der Waals surface area contributed by atoms with Gasteiger partial charge in [0.2, 0.25) is 15.9 Å². The van der Waals surface area contributed by atoms with Gasteiger partial charge in [-0.1, -0.05) is 6.07 Å². The summed E-state index contributed by atoms with van der Waals surface area (Å²) < 4.78 is 32.6. The van der Waals surface area contributed by atoms with Crippen molar-refractivity contribution in [1.82, 2.24) is 14.3 Å². The molecule has 6 nitrogen and oxygen atoms in total. The van der Waals surface area contributed by atoms with Crippen molar-refractivity contribution in [2.24, 2.45) is 0 Å². The van der Waals surface area contributed by atoms with E-state index in [1.54, 1.807) is 28.8 Å². The van der Waals surface area contributed by atoms with E-state index in [0.717, 1.165) is 18.4 Å². The Labute approximate surface area is 136 Å². The normalized spacial score (nSPS) is 14.9. The summed E-state index contributed by atoms with van der Waals surface area (Å²) in [5, 5.41) is 0. The molecule has 1 fully saturated rings. The van der Waals surface area contributed by atoms with Crippen molar-refractivity contribution in [3.05, 3.63) is 48.4 Å². The number of aromatic nitrogens is 2. The van der Waals surface area contributed by atoms with Crippen LogP contribution < -0.4 is 4.74 Å². The van der Waals surface area contributed by atoms with Crippen molar-refractivity contribution in [2.45, 2.75) is 37.2 Å². The van der Waals surface area contributed by atoms with Crippen molar-refractivity contribution in [3.63, 3.8) is 0 Å². The van der Waals surface area contributed by atoms with Gasteiger partial charge in [-0.05, 0) is 37.5 Å². The first-order valence-corrected chi connectivity index (χ1v) is 9.05. The summed E-state index contributed by atoms with van der Waals surface area (Å²) in [7, 11) is -3.58. The van der Waals surface area contributed by atoms with Gasteiger partial charge < -0.3 is 4.74 Å². The molecule has 0 amide bonds. The van der Waals surface area contributed by atoms with Crippen LogP contribution in [0, 0.1) is 0 Å². The van der Waals surface area contributed by atoms with Crippen molar-refractivity contribution in [1.29, 1.82) is 0 Å². The van der Waals surface area contributed by atoms with Crippen LogP contribution in [0.3, 0.4) is 0 Å². The highest BCUT2D eigenvalue weighted by Gasteiger charge is 2.38. The van der Waals surface area contributed by atoms with Crippen LogP contribution in [0.15, 0.2) is 47.8 Å². The van der Waals surface area contributed by atoms with E-state index in [0.29, 0.717) is 19.0 Å². The number of hydrogen-bond donors (Lipinski definition) is 0. The number of rotatable bonds is 7. The molecule has 0 unspecified atom stereocenters. The Kier molecular flexibility index (Phi) is 4.58. The van der Waals surface area contributed by atoms with Crippen molar-refractivity contribution in [3.8, 4) is 5.88 Å². The van der Waals surface area contributed by atoms with E-state index in [-0.39, 0.29) is 10.9 Å². The predicted octanol–water partition coefficient (Wildman–Crippen LogP) is 2.23. The molecule has 0 spiro atoms. The fraction of sp³-hybridized carbons (Fsp3) is 0.375. The molecule has 2 aromatic heterocycles.